The molecular weight excluding hydrogens is 338 g/mol. The molecule has 2 heterocycles. The van der Waals surface area contributed by atoms with Crippen LogP contribution in [0.25, 0.3) is 0 Å². The fourth-order valence-electron chi connectivity index (χ4n) is 2.70. The van der Waals surface area contributed by atoms with E-state index in [1.54, 1.807) is 25.4 Å². The molecule has 0 saturated heterocycles. The minimum absolute atomic E-state index is 0.0362. The first kappa shape index (κ1) is 18.5. The highest BCUT2D eigenvalue weighted by Crippen LogP contribution is 2.19. The van der Waals surface area contributed by atoms with Crippen LogP contribution in [0.15, 0.2) is 54.9 Å². The Morgan fingerprint density at radius 2 is 1.89 bits per heavy atom. The summed E-state index contributed by atoms with van der Waals surface area (Å²) in [6.45, 7) is 4.30. The fraction of sp³-hybridized carbons (Fsp3) is 0.238. The molecule has 0 aliphatic heterocycles. The summed E-state index contributed by atoms with van der Waals surface area (Å²) in [5.74, 6) is 1.40. The maximum Gasteiger partial charge on any atom is 0.227 e. The smallest absolute Gasteiger partial charge is 0.227 e. The van der Waals surface area contributed by atoms with E-state index < -0.39 is 0 Å². The van der Waals surface area contributed by atoms with Gasteiger partial charge in [-0.15, -0.1) is 0 Å². The van der Waals surface area contributed by atoms with Crippen molar-refractivity contribution < 1.29 is 4.79 Å². The van der Waals surface area contributed by atoms with E-state index >= 15 is 0 Å². The Bertz CT molecular complexity index is 927. The van der Waals surface area contributed by atoms with Crippen LogP contribution in [0.4, 0.5) is 17.5 Å². The number of carbonyl (C=O) groups excluding carboxylic acids is 1. The summed E-state index contributed by atoms with van der Waals surface area (Å²) < 4.78 is 0. The van der Waals surface area contributed by atoms with Gasteiger partial charge >= 0.3 is 0 Å². The first-order valence-electron chi connectivity index (χ1n) is 8.85. The van der Waals surface area contributed by atoms with Crippen molar-refractivity contribution in [3.05, 3.63) is 71.7 Å². The number of aromatic nitrogens is 3. The molecule has 2 aromatic heterocycles. The number of likely N-dealkylation sites (N-methyl/N-ethyl adjacent to an activating group) is 1. The molecule has 0 aliphatic carbocycles. The SMILES string of the molecule is CC(=O)c1cccc(Nc2cc(C)nc(N(C)CCc3ccncc3)n2)c1. The van der Waals surface area contributed by atoms with Gasteiger partial charge in [-0.2, -0.15) is 4.98 Å². The van der Waals surface area contributed by atoms with E-state index in [-0.39, 0.29) is 5.78 Å². The summed E-state index contributed by atoms with van der Waals surface area (Å²) in [5.41, 5.74) is 3.59. The van der Waals surface area contributed by atoms with Gasteiger partial charge < -0.3 is 10.2 Å². The molecule has 3 aromatic rings. The van der Waals surface area contributed by atoms with Crippen LogP contribution in [0.3, 0.4) is 0 Å². The lowest BCUT2D eigenvalue weighted by atomic mass is 10.1. The molecular formula is C21H23N5O. The van der Waals surface area contributed by atoms with Gasteiger partial charge in [-0.1, -0.05) is 12.1 Å². The number of nitrogens with one attached hydrogen (secondary N) is 1. The highest BCUT2D eigenvalue weighted by Gasteiger charge is 2.09. The van der Waals surface area contributed by atoms with Crippen LogP contribution in [-0.2, 0) is 6.42 Å². The molecule has 0 radical (unpaired) electrons. The first-order chi connectivity index (χ1) is 13.0. The molecule has 0 atom stereocenters. The molecule has 27 heavy (non-hydrogen) atoms. The summed E-state index contributed by atoms with van der Waals surface area (Å²) in [6, 6.07) is 13.3. The molecule has 0 fully saturated rings. The summed E-state index contributed by atoms with van der Waals surface area (Å²) in [4.78, 5) is 26.8. The number of nitrogens with zero attached hydrogens (tertiary/aromatic N) is 4. The van der Waals surface area contributed by atoms with Crippen LogP contribution in [0, 0.1) is 6.92 Å². The van der Waals surface area contributed by atoms with Crippen LogP contribution in [0.1, 0.15) is 28.5 Å². The molecule has 1 aromatic carbocycles. The number of rotatable bonds is 7. The maximum absolute atomic E-state index is 11.6. The van der Waals surface area contributed by atoms with Gasteiger partial charge in [0.1, 0.15) is 5.82 Å². The van der Waals surface area contributed by atoms with E-state index in [1.807, 2.05) is 55.3 Å². The van der Waals surface area contributed by atoms with E-state index in [9.17, 15) is 4.79 Å². The highest BCUT2D eigenvalue weighted by atomic mass is 16.1. The molecule has 0 unspecified atom stereocenters. The van der Waals surface area contributed by atoms with Gasteiger partial charge in [-0.05, 0) is 50.1 Å². The third-order valence-electron chi connectivity index (χ3n) is 4.21. The highest BCUT2D eigenvalue weighted by molar-refractivity contribution is 5.95. The number of pyridine rings is 1. The van der Waals surface area contributed by atoms with Crippen molar-refractivity contribution >= 4 is 23.2 Å². The van der Waals surface area contributed by atoms with Gasteiger partial charge in [0.2, 0.25) is 5.95 Å². The average Bonchev–Trinajstić information content (AvgIpc) is 2.66. The Hall–Kier alpha value is -3.28. The fourth-order valence-corrected chi connectivity index (χ4v) is 2.70. The van der Waals surface area contributed by atoms with Crippen molar-refractivity contribution in [1.29, 1.82) is 0 Å². The second kappa shape index (κ2) is 8.40. The van der Waals surface area contributed by atoms with Crippen LogP contribution in [-0.4, -0.2) is 34.3 Å². The molecule has 0 aliphatic rings. The number of benzene rings is 1. The predicted molar refractivity (Wildman–Crippen MR) is 108 cm³/mol. The lowest BCUT2D eigenvalue weighted by Crippen LogP contribution is -2.23. The first-order valence-corrected chi connectivity index (χ1v) is 8.85. The number of carbonyl (C=O) groups is 1. The lowest BCUT2D eigenvalue weighted by Gasteiger charge is -2.18. The molecule has 0 spiro atoms. The normalized spacial score (nSPS) is 10.5. The zero-order valence-electron chi connectivity index (χ0n) is 15.8. The van der Waals surface area contributed by atoms with E-state index in [0.717, 1.165) is 24.3 Å². The van der Waals surface area contributed by atoms with Crippen molar-refractivity contribution in [2.24, 2.45) is 0 Å². The van der Waals surface area contributed by atoms with Crippen molar-refractivity contribution in [2.75, 3.05) is 23.8 Å². The van der Waals surface area contributed by atoms with Crippen molar-refractivity contribution in [3.63, 3.8) is 0 Å². The summed E-state index contributed by atoms with van der Waals surface area (Å²) in [6.07, 6.45) is 4.49. The van der Waals surface area contributed by atoms with Gasteiger partial charge in [-0.3, -0.25) is 9.78 Å². The minimum atomic E-state index is 0.0362. The van der Waals surface area contributed by atoms with Crippen molar-refractivity contribution in [2.45, 2.75) is 20.3 Å². The van der Waals surface area contributed by atoms with Crippen LogP contribution in [0.2, 0.25) is 0 Å². The Kier molecular flexibility index (Phi) is 5.76. The zero-order chi connectivity index (χ0) is 19.2. The average molecular weight is 361 g/mol. The molecule has 0 saturated carbocycles. The Labute approximate surface area is 159 Å². The molecule has 6 nitrogen and oxygen atoms in total. The largest absolute Gasteiger partial charge is 0.343 e. The van der Waals surface area contributed by atoms with Gasteiger partial charge in [0.15, 0.2) is 5.78 Å². The Morgan fingerprint density at radius 1 is 1.11 bits per heavy atom. The lowest BCUT2D eigenvalue weighted by molar-refractivity contribution is 0.101. The summed E-state index contributed by atoms with van der Waals surface area (Å²) >= 11 is 0. The van der Waals surface area contributed by atoms with Crippen molar-refractivity contribution in [3.8, 4) is 0 Å². The third-order valence-corrected chi connectivity index (χ3v) is 4.21. The molecule has 138 valence electrons. The standard InChI is InChI=1S/C21H23N5O/c1-15-13-20(24-19-6-4-5-18(14-19)16(2)27)25-21(23-15)26(3)12-9-17-7-10-22-11-8-17/h4-8,10-11,13-14H,9,12H2,1-3H3,(H,23,24,25). The van der Waals surface area contributed by atoms with Gasteiger partial charge in [0.25, 0.3) is 0 Å². The van der Waals surface area contributed by atoms with Gasteiger partial charge in [0, 0.05) is 49.0 Å². The van der Waals surface area contributed by atoms with Gasteiger partial charge in [0.05, 0.1) is 0 Å². The molecule has 3 rings (SSSR count). The van der Waals surface area contributed by atoms with Crippen LogP contribution >= 0.6 is 0 Å². The van der Waals surface area contributed by atoms with E-state index in [0.29, 0.717) is 17.3 Å². The number of aryl methyl sites for hydroxylation is 1. The Balaban J connectivity index is 1.73. The van der Waals surface area contributed by atoms with E-state index in [1.165, 1.54) is 5.56 Å². The topological polar surface area (TPSA) is 71.0 Å². The quantitative estimate of drug-likeness (QED) is 0.645. The Morgan fingerprint density at radius 3 is 2.63 bits per heavy atom. The minimum Gasteiger partial charge on any atom is -0.343 e. The second-order valence-corrected chi connectivity index (χ2v) is 6.48. The number of ketones is 1. The summed E-state index contributed by atoms with van der Waals surface area (Å²) in [5, 5.41) is 3.27. The van der Waals surface area contributed by atoms with Crippen LogP contribution in [0.5, 0.6) is 0 Å². The monoisotopic (exact) mass is 361 g/mol. The number of Topliss-reactive ketones (excluding diaryl/α,β-unsaturated/α-hetero) is 1. The molecule has 1 N–H and O–H groups in total. The number of hydrogen-bond acceptors (Lipinski definition) is 6. The van der Waals surface area contributed by atoms with Crippen molar-refractivity contribution in [1.82, 2.24) is 15.0 Å². The molecule has 0 bridgehead atoms. The zero-order valence-corrected chi connectivity index (χ0v) is 15.8. The van der Waals surface area contributed by atoms with E-state index in [4.69, 9.17) is 0 Å². The predicted octanol–water partition coefficient (Wildman–Crippen LogP) is 3.81. The maximum atomic E-state index is 11.6. The molecule has 0 amide bonds. The molecule has 6 heteroatoms. The number of hydrogen-bond donors (Lipinski definition) is 1. The second-order valence-electron chi connectivity index (χ2n) is 6.48. The third kappa shape index (κ3) is 5.10. The number of anilines is 3. The summed E-state index contributed by atoms with van der Waals surface area (Å²) in [7, 11) is 1.98. The van der Waals surface area contributed by atoms with Crippen LogP contribution < -0.4 is 10.2 Å². The van der Waals surface area contributed by atoms with E-state index in [2.05, 4.69) is 20.3 Å². The van der Waals surface area contributed by atoms with Gasteiger partial charge in [-0.25, -0.2) is 4.98 Å².